The van der Waals surface area contributed by atoms with Gasteiger partial charge in [0.25, 0.3) is 5.91 Å². The van der Waals surface area contributed by atoms with E-state index < -0.39 is 29.8 Å². The van der Waals surface area contributed by atoms with Gasteiger partial charge in [0, 0.05) is 29.2 Å². The fourth-order valence-electron chi connectivity index (χ4n) is 3.46. The number of amides is 1. The fourth-order valence-corrected chi connectivity index (χ4v) is 3.46. The van der Waals surface area contributed by atoms with Gasteiger partial charge in [-0.15, -0.1) is 13.2 Å². The number of alkyl halides is 3. The van der Waals surface area contributed by atoms with E-state index in [1.807, 2.05) is 0 Å². The van der Waals surface area contributed by atoms with Gasteiger partial charge in [0.15, 0.2) is 0 Å². The molecule has 2 aromatic carbocycles. The van der Waals surface area contributed by atoms with Crippen LogP contribution < -0.4 is 10.1 Å². The number of halogens is 4. The Kier molecular flexibility index (Phi) is 5.40. The molecule has 1 N–H and O–H groups in total. The predicted octanol–water partition coefficient (Wildman–Crippen LogP) is 4.78. The van der Waals surface area contributed by atoms with Gasteiger partial charge in [-0.3, -0.25) is 4.79 Å². The van der Waals surface area contributed by atoms with E-state index in [1.165, 1.54) is 41.0 Å². The van der Waals surface area contributed by atoms with Crippen molar-refractivity contribution in [3.8, 4) is 5.75 Å². The average Bonchev–Trinajstić information content (AvgIpc) is 3.19. The molecule has 0 unspecified atom stereocenters. The van der Waals surface area contributed by atoms with Crippen molar-refractivity contribution in [1.29, 1.82) is 0 Å². The molecule has 1 aliphatic heterocycles. The number of hydrogen-bond acceptors (Lipinski definition) is 5. The number of carbonyl (C=O) groups is 2. The molecule has 0 atom stereocenters. The molecule has 0 fully saturated rings. The SMILES string of the molecule is CC1=NOC(=O)/C1=C/c1c(C(=O)Nc2ccc(OC(F)(F)F)cc2)n(C)c2ccc(F)cc12. The number of aryl methyl sites for hydroxylation is 1. The first kappa shape index (κ1) is 22.1. The molecule has 11 heteroatoms. The number of nitrogens with one attached hydrogen (secondary N) is 1. The topological polar surface area (TPSA) is 81.9 Å². The van der Waals surface area contributed by atoms with Gasteiger partial charge in [0.05, 0.1) is 11.3 Å². The molecule has 170 valence electrons. The molecule has 0 spiro atoms. The third-order valence-electron chi connectivity index (χ3n) is 4.93. The van der Waals surface area contributed by atoms with E-state index in [9.17, 15) is 27.2 Å². The lowest BCUT2D eigenvalue weighted by molar-refractivity contribution is -0.274. The number of nitrogens with zero attached hydrogens (tertiary/aromatic N) is 2. The van der Waals surface area contributed by atoms with Gasteiger partial charge in [0.1, 0.15) is 17.3 Å². The molecule has 4 rings (SSSR count). The Hall–Kier alpha value is -4.15. The maximum absolute atomic E-state index is 14.0. The number of rotatable bonds is 4. The fraction of sp³-hybridized carbons (Fsp3) is 0.136. The number of fused-ring (bicyclic) bond motifs is 1. The van der Waals surface area contributed by atoms with Gasteiger partial charge < -0.3 is 19.5 Å². The van der Waals surface area contributed by atoms with Crippen LogP contribution in [-0.2, 0) is 16.7 Å². The number of aromatic nitrogens is 1. The van der Waals surface area contributed by atoms with Crippen LogP contribution in [0.25, 0.3) is 17.0 Å². The first-order valence-electron chi connectivity index (χ1n) is 9.46. The number of hydrogen-bond donors (Lipinski definition) is 1. The molecule has 33 heavy (non-hydrogen) atoms. The molecule has 0 bridgehead atoms. The van der Waals surface area contributed by atoms with Crippen LogP contribution in [0.4, 0.5) is 23.2 Å². The highest BCUT2D eigenvalue weighted by atomic mass is 19.4. The molecule has 0 saturated heterocycles. The van der Waals surface area contributed by atoms with Crippen LogP contribution >= 0.6 is 0 Å². The van der Waals surface area contributed by atoms with Crippen LogP contribution in [0.5, 0.6) is 5.75 Å². The summed E-state index contributed by atoms with van der Waals surface area (Å²) in [4.78, 5) is 29.8. The zero-order valence-corrected chi connectivity index (χ0v) is 17.2. The van der Waals surface area contributed by atoms with Gasteiger partial charge in [-0.25, -0.2) is 9.18 Å². The third kappa shape index (κ3) is 4.43. The number of carbonyl (C=O) groups excluding carboxylic acids is 2. The van der Waals surface area contributed by atoms with E-state index in [4.69, 9.17) is 0 Å². The average molecular weight is 461 g/mol. The lowest BCUT2D eigenvalue weighted by Gasteiger charge is -2.11. The summed E-state index contributed by atoms with van der Waals surface area (Å²) in [6, 6.07) is 8.54. The smallest absolute Gasteiger partial charge is 0.406 e. The highest BCUT2D eigenvalue weighted by Gasteiger charge is 2.31. The van der Waals surface area contributed by atoms with E-state index >= 15 is 0 Å². The maximum atomic E-state index is 14.0. The van der Waals surface area contributed by atoms with Gasteiger partial charge in [-0.2, -0.15) is 0 Å². The lowest BCUT2D eigenvalue weighted by Crippen LogP contribution is -2.18. The van der Waals surface area contributed by atoms with Gasteiger partial charge in [-0.1, -0.05) is 5.16 Å². The van der Waals surface area contributed by atoms with E-state index in [2.05, 4.69) is 20.0 Å². The van der Waals surface area contributed by atoms with Crippen LogP contribution in [0.1, 0.15) is 23.0 Å². The summed E-state index contributed by atoms with van der Waals surface area (Å²) in [5, 5.41) is 6.56. The number of oxime groups is 1. The summed E-state index contributed by atoms with van der Waals surface area (Å²) in [7, 11) is 1.59. The van der Waals surface area contributed by atoms with Crippen molar-refractivity contribution in [2.24, 2.45) is 12.2 Å². The molecule has 2 heterocycles. The summed E-state index contributed by atoms with van der Waals surface area (Å²) in [5.74, 6) is -2.33. The van der Waals surface area contributed by atoms with Gasteiger partial charge in [-0.05, 0) is 55.5 Å². The number of benzene rings is 2. The van der Waals surface area contributed by atoms with Crippen molar-refractivity contribution in [3.05, 3.63) is 65.1 Å². The summed E-state index contributed by atoms with van der Waals surface area (Å²) in [6.07, 6.45) is -3.44. The first-order chi connectivity index (χ1) is 15.5. The Balaban J connectivity index is 1.75. The van der Waals surface area contributed by atoms with Gasteiger partial charge in [0.2, 0.25) is 0 Å². The van der Waals surface area contributed by atoms with E-state index in [0.29, 0.717) is 16.6 Å². The second-order valence-corrected chi connectivity index (χ2v) is 7.12. The maximum Gasteiger partial charge on any atom is 0.573 e. The minimum atomic E-state index is -4.84. The largest absolute Gasteiger partial charge is 0.573 e. The Bertz CT molecular complexity index is 1340. The summed E-state index contributed by atoms with van der Waals surface area (Å²) < 4.78 is 56.4. The van der Waals surface area contributed by atoms with Crippen molar-refractivity contribution in [2.45, 2.75) is 13.3 Å². The molecule has 3 aromatic rings. The van der Waals surface area contributed by atoms with Crippen LogP contribution in [0.2, 0.25) is 0 Å². The van der Waals surface area contributed by atoms with Crippen LogP contribution in [0.15, 0.2) is 53.2 Å². The zero-order valence-electron chi connectivity index (χ0n) is 17.2. The van der Waals surface area contributed by atoms with Crippen molar-refractivity contribution < 1.29 is 36.7 Å². The second kappa shape index (κ2) is 8.08. The van der Waals surface area contributed by atoms with E-state index in [-0.39, 0.29) is 22.5 Å². The minimum Gasteiger partial charge on any atom is -0.406 e. The lowest BCUT2D eigenvalue weighted by atomic mass is 10.0. The first-order valence-corrected chi connectivity index (χ1v) is 9.46. The Labute approximate surface area is 183 Å². The molecule has 0 aliphatic carbocycles. The molecular weight excluding hydrogens is 446 g/mol. The van der Waals surface area contributed by atoms with Gasteiger partial charge >= 0.3 is 12.3 Å². The highest BCUT2D eigenvalue weighted by molar-refractivity contribution is 6.25. The van der Waals surface area contributed by atoms with Crippen molar-refractivity contribution in [2.75, 3.05) is 5.32 Å². The summed E-state index contributed by atoms with van der Waals surface area (Å²) >= 11 is 0. The molecule has 1 amide bonds. The van der Waals surface area contributed by atoms with Crippen molar-refractivity contribution in [3.63, 3.8) is 0 Å². The Morgan fingerprint density at radius 2 is 1.88 bits per heavy atom. The quantitative estimate of drug-likeness (QED) is 0.344. The zero-order chi connectivity index (χ0) is 23.9. The van der Waals surface area contributed by atoms with Crippen molar-refractivity contribution >= 4 is 40.3 Å². The standard InChI is InChI=1S/C22H15F4N3O4/c1-11-15(21(31)33-28-11)10-17-16-9-12(23)3-8-18(16)29(2)19(17)20(30)27-13-4-6-14(7-5-13)32-22(24,25)26/h3-10H,1-2H3,(H,27,30)/b15-10+. The number of ether oxygens (including phenoxy) is 1. The number of anilines is 1. The van der Waals surface area contributed by atoms with Crippen LogP contribution in [0.3, 0.4) is 0 Å². The third-order valence-corrected chi connectivity index (χ3v) is 4.93. The predicted molar refractivity (Wildman–Crippen MR) is 111 cm³/mol. The normalized spacial score (nSPS) is 15.0. The molecule has 0 radical (unpaired) electrons. The summed E-state index contributed by atoms with van der Waals surface area (Å²) in [5.41, 5.74) is 1.46. The monoisotopic (exact) mass is 461 g/mol. The Morgan fingerprint density at radius 3 is 2.48 bits per heavy atom. The molecular formula is C22H15F4N3O4. The minimum absolute atomic E-state index is 0.0891. The summed E-state index contributed by atoms with van der Waals surface area (Å²) in [6.45, 7) is 1.55. The molecule has 1 aromatic heterocycles. The van der Waals surface area contributed by atoms with Crippen LogP contribution in [0, 0.1) is 5.82 Å². The molecule has 0 saturated carbocycles. The highest BCUT2D eigenvalue weighted by Crippen LogP contribution is 2.31. The van der Waals surface area contributed by atoms with Crippen molar-refractivity contribution in [1.82, 2.24) is 4.57 Å². The van der Waals surface area contributed by atoms with E-state index in [1.54, 1.807) is 14.0 Å². The second-order valence-electron chi connectivity index (χ2n) is 7.12. The Morgan fingerprint density at radius 1 is 1.18 bits per heavy atom. The molecule has 7 nitrogen and oxygen atoms in total. The van der Waals surface area contributed by atoms with Crippen LogP contribution in [-0.4, -0.2) is 28.5 Å². The molecule has 1 aliphatic rings. The van der Waals surface area contributed by atoms with E-state index in [0.717, 1.165) is 12.1 Å².